The third-order valence-electron chi connectivity index (χ3n) is 7.99. The first-order chi connectivity index (χ1) is 19.7. The van der Waals surface area contributed by atoms with Gasteiger partial charge in [-0.1, -0.05) is 145 Å². The third-order valence-corrected chi connectivity index (χ3v) is 9.28. The van der Waals surface area contributed by atoms with Crippen LogP contribution in [0.15, 0.2) is 59.5 Å². The summed E-state index contributed by atoms with van der Waals surface area (Å²) in [5.74, 6) is 0. The number of aryl methyl sites for hydroxylation is 1. The molecule has 41 heavy (non-hydrogen) atoms. The minimum atomic E-state index is -3.51. The SMILES string of the molecule is CCCCCCCCCCCCCCCCCC[N+](C)(C)CCc1ccccc1.COS(=O)(=O)c1ccc(C)cc1. The number of benzene rings is 2. The van der Waals surface area contributed by atoms with Gasteiger partial charge >= 0.3 is 0 Å². The Labute approximate surface area is 254 Å². The number of unbranched alkanes of at least 4 members (excludes halogenated alkanes) is 15. The van der Waals surface area contributed by atoms with E-state index >= 15 is 0 Å². The van der Waals surface area contributed by atoms with Crippen molar-refractivity contribution in [3.05, 3.63) is 65.7 Å². The largest absolute Gasteiger partial charge is 0.328 e. The average Bonchev–Trinajstić information content (AvgIpc) is 2.97. The topological polar surface area (TPSA) is 43.4 Å². The van der Waals surface area contributed by atoms with E-state index in [0.717, 1.165) is 17.2 Å². The van der Waals surface area contributed by atoms with Crippen molar-refractivity contribution in [3.8, 4) is 0 Å². The molecule has 2 rings (SSSR count). The highest BCUT2D eigenvalue weighted by Crippen LogP contribution is 2.15. The van der Waals surface area contributed by atoms with Crippen molar-refractivity contribution >= 4 is 10.1 Å². The van der Waals surface area contributed by atoms with Crippen LogP contribution in [-0.2, 0) is 20.7 Å². The normalized spacial score (nSPS) is 11.7. The number of rotatable bonds is 22. The molecular weight excluding hydrogens is 526 g/mol. The van der Waals surface area contributed by atoms with Crippen LogP contribution < -0.4 is 0 Å². The summed E-state index contributed by atoms with van der Waals surface area (Å²) in [5, 5.41) is 0. The first-order valence-corrected chi connectivity index (χ1v) is 17.8. The Morgan fingerprint density at radius 3 is 1.49 bits per heavy atom. The molecular formula is C36H62NO3S+. The van der Waals surface area contributed by atoms with Crippen LogP contribution in [0.4, 0.5) is 0 Å². The van der Waals surface area contributed by atoms with Gasteiger partial charge in [-0.05, 0) is 37.5 Å². The van der Waals surface area contributed by atoms with Gasteiger partial charge in [0, 0.05) is 6.42 Å². The monoisotopic (exact) mass is 588 g/mol. The number of nitrogens with zero attached hydrogens (tertiary/aromatic N) is 1. The lowest BCUT2D eigenvalue weighted by Crippen LogP contribution is -2.42. The molecule has 0 spiro atoms. The summed E-state index contributed by atoms with van der Waals surface area (Å²) >= 11 is 0. The molecule has 0 amide bonds. The maximum atomic E-state index is 11.1. The lowest BCUT2D eigenvalue weighted by molar-refractivity contribution is -0.890. The van der Waals surface area contributed by atoms with Gasteiger partial charge in [-0.3, -0.25) is 4.18 Å². The standard InChI is InChI=1S/C28H52N.C8H10O3S/c1-4-5-6-7-8-9-10-11-12-13-14-15-16-17-18-22-26-29(2,3)27-25-28-23-20-19-21-24-28;1-7-3-5-8(6-4-7)12(9,10)11-2/h19-21,23-24H,4-18,22,25-27H2,1-3H3;3-6H,1-2H3/q+1;. The zero-order valence-electron chi connectivity index (χ0n) is 27.2. The van der Waals surface area contributed by atoms with Crippen molar-refractivity contribution in [2.24, 2.45) is 0 Å². The Kier molecular flexibility index (Phi) is 20.8. The molecule has 0 saturated heterocycles. The van der Waals surface area contributed by atoms with E-state index in [4.69, 9.17) is 0 Å². The molecule has 0 aromatic heterocycles. The van der Waals surface area contributed by atoms with Gasteiger partial charge in [0.25, 0.3) is 10.1 Å². The van der Waals surface area contributed by atoms with Crippen LogP contribution >= 0.6 is 0 Å². The smallest absolute Gasteiger partial charge is 0.296 e. The molecule has 0 radical (unpaired) electrons. The minimum Gasteiger partial charge on any atom is -0.328 e. The molecule has 0 saturated carbocycles. The molecule has 0 N–H and O–H groups in total. The van der Waals surface area contributed by atoms with E-state index in [1.54, 1.807) is 12.1 Å². The molecule has 0 fully saturated rings. The van der Waals surface area contributed by atoms with Gasteiger partial charge in [0.05, 0.1) is 39.2 Å². The second kappa shape index (κ2) is 22.9. The van der Waals surface area contributed by atoms with E-state index in [2.05, 4.69) is 55.5 Å². The van der Waals surface area contributed by atoms with Gasteiger partial charge < -0.3 is 4.48 Å². The molecule has 5 heteroatoms. The summed E-state index contributed by atoms with van der Waals surface area (Å²) in [7, 11) is 2.43. The highest BCUT2D eigenvalue weighted by molar-refractivity contribution is 7.86. The van der Waals surface area contributed by atoms with Crippen LogP contribution in [0, 0.1) is 6.92 Å². The van der Waals surface area contributed by atoms with Crippen LogP contribution in [0.5, 0.6) is 0 Å². The molecule has 0 bridgehead atoms. The van der Waals surface area contributed by atoms with Gasteiger partial charge in [-0.25, -0.2) is 0 Å². The van der Waals surface area contributed by atoms with Crippen molar-refractivity contribution in [2.75, 3.05) is 34.3 Å². The molecule has 2 aromatic carbocycles. The number of hydrogen-bond donors (Lipinski definition) is 0. The first kappa shape index (κ1) is 37.3. The Morgan fingerprint density at radius 2 is 1.05 bits per heavy atom. The molecule has 0 heterocycles. The molecule has 0 aliphatic rings. The van der Waals surface area contributed by atoms with E-state index < -0.39 is 10.1 Å². The van der Waals surface area contributed by atoms with Gasteiger partial charge in [0.2, 0.25) is 0 Å². The van der Waals surface area contributed by atoms with Gasteiger partial charge in [0.1, 0.15) is 0 Å². The summed E-state index contributed by atoms with van der Waals surface area (Å²) in [4.78, 5) is 0.190. The number of hydrogen-bond acceptors (Lipinski definition) is 3. The van der Waals surface area contributed by atoms with Crippen molar-refractivity contribution in [3.63, 3.8) is 0 Å². The van der Waals surface area contributed by atoms with Crippen LogP contribution in [-0.4, -0.2) is 47.2 Å². The van der Waals surface area contributed by atoms with Crippen LogP contribution in [0.1, 0.15) is 121 Å². The molecule has 0 unspecified atom stereocenters. The maximum Gasteiger partial charge on any atom is 0.296 e. The minimum absolute atomic E-state index is 0.190. The maximum absolute atomic E-state index is 11.1. The van der Waals surface area contributed by atoms with Crippen LogP contribution in [0.2, 0.25) is 0 Å². The number of likely N-dealkylation sites (N-methyl/N-ethyl adjacent to an activating group) is 1. The first-order valence-electron chi connectivity index (χ1n) is 16.4. The summed E-state index contributed by atoms with van der Waals surface area (Å²) < 4.78 is 27.7. The van der Waals surface area contributed by atoms with Crippen LogP contribution in [0.3, 0.4) is 0 Å². The van der Waals surface area contributed by atoms with Gasteiger partial charge in [-0.2, -0.15) is 8.42 Å². The lowest BCUT2D eigenvalue weighted by atomic mass is 10.0. The summed E-state index contributed by atoms with van der Waals surface area (Å²) in [6, 6.07) is 17.4. The highest BCUT2D eigenvalue weighted by Gasteiger charge is 2.14. The molecule has 0 aliphatic heterocycles. The number of quaternary nitrogens is 1. The predicted molar refractivity (Wildman–Crippen MR) is 177 cm³/mol. The van der Waals surface area contributed by atoms with E-state index in [9.17, 15) is 8.42 Å². The second-order valence-corrected chi connectivity index (χ2v) is 14.1. The zero-order chi connectivity index (χ0) is 30.2. The molecule has 2 aromatic rings. The van der Waals surface area contributed by atoms with Crippen molar-refractivity contribution in [1.29, 1.82) is 0 Å². The molecule has 0 atom stereocenters. The average molecular weight is 589 g/mol. The van der Waals surface area contributed by atoms with E-state index in [1.807, 2.05) is 6.92 Å². The summed E-state index contributed by atoms with van der Waals surface area (Å²) in [6.45, 7) is 6.77. The summed E-state index contributed by atoms with van der Waals surface area (Å²) in [5.41, 5.74) is 2.50. The van der Waals surface area contributed by atoms with Gasteiger partial charge in [-0.15, -0.1) is 0 Å². The highest BCUT2D eigenvalue weighted by atomic mass is 32.2. The van der Waals surface area contributed by atoms with E-state index in [1.165, 1.54) is 140 Å². The predicted octanol–water partition coefficient (Wildman–Crippen LogP) is 9.90. The Morgan fingerprint density at radius 1 is 0.610 bits per heavy atom. The van der Waals surface area contributed by atoms with E-state index in [-0.39, 0.29) is 4.90 Å². The Hall–Kier alpha value is -1.69. The fourth-order valence-electron chi connectivity index (χ4n) is 5.08. The summed E-state index contributed by atoms with van der Waals surface area (Å²) in [6.07, 6.45) is 24.4. The van der Waals surface area contributed by atoms with E-state index in [0.29, 0.717) is 0 Å². The Balaban J connectivity index is 0.000000580. The van der Waals surface area contributed by atoms with Crippen molar-refractivity contribution < 1.29 is 17.1 Å². The van der Waals surface area contributed by atoms with Crippen LogP contribution in [0.25, 0.3) is 0 Å². The lowest BCUT2D eigenvalue weighted by Gasteiger charge is -2.30. The fraction of sp³-hybridized carbons (Fsp3) is 0.667. The molecule has 4 nitrogen and oxygen atoms in total. The van der Waals surface area contributed by atoms with Crippen molar-refractivity contribution in [1.82, 2.24) is 0 Å². The third kappa shape index (κ3) is 20.0. The molecule has 0 aliphatic carbocycles. The molecule has 234 valence electrons. The Bertz CT molecular complexity index is 972. The zero-order valence-corrected chi connectivity index (χ0v) is 28.0. The fourth-order valence-corrected chi connectivity index (χ4v) is 5.74. The second-order valence-electron chi connectivity index (χ2n) is 12.4. The van der Waals surface area contributed by atoms with Crippen molar-refractivity contribution in [2.45, 2.75) is 128 Å². The van der Waals surface area contributed by atoms with Gasteiger partial charge in [0.15, 0.2) is 0 Å². The quantitative estimate of drug-likeness (QED) is 0.0781.